The van der Waals surface area contributed by atoms with Crippen molar-refractivity contribution in [2.24, 2.45) is 0 Å². The number of para-hydroxylation sites is 1. The Bertz CT molecular complexity index is 714. The molecule has 0 spiro atoms. The van der Waals surface area contributed by atoms with Gasteiger partial charge in [0.05, 0.1) is 10.6 Å². The molecule has 3 nitrogen and oxygen atoms in total. The van der Waals surface area contributed by atoms with E-state index < -0.39 is 5.97 Å². The Morgan fingerprint density at radius 3 is 2.55 bits per heavy atom. The molecule has 1 heterocycles. The van der Waals surface area contributed by atoms with E-state index in [4.69, 9.17) is 5.11 Å². The van der Waals surface area contributed by atoms with E-state index in [0.717, 1.165) is 21.9 Å². The Balaban J connectivity index is 1.71. The van der Waals surface area contributed by atoms with Gasteiger partial charge in [0.2, 0.25) is 0 Å². The third-order valence-corrected chi connectivity index (χ3v) is 4.11. The molecule has 4 heteroatoms. The van der Waals surface area contributed by atoms with Crippen LogP contribution in [0.1, 0.15) is 15.9 Å². The number of hydrogen-bond donors (Lipinski definition) is 2. The maximum Gasteiger partial charge on any atom is 0.335 e. The van der Waals surface area contributed by atoms with Crippen molar-refractivity contribution in [1.29, 1.82) is 0 Å². The molecule has 0 aliphatic carbocycles. The number of carboxylic acid groups (broad SMARTS) is 1. The first-order valence-corrected chi connectivity index (χ1v) is 7.24. The van der Waals surface area contributed by atoms with E-state index in [0.29, 0.717) is 5.56 Å². The predicted octanol–water partition coefficient (Wildman–Crippen LogP) is 4.16. The highest BCUT2D eigenvalue weighted by molar-refractivity contribution is 7.98. The summed E-state index contributed by atoms with van der Waals surface area (Å²) in [6, 6.07) is 17.3. The summed E-state index contributed by atoms with van der Waals surface area (Å²) in [6.45, 7) is 0. The molecule has 0 radical (unpaired) electrons. The van der Waals surface area contributed by atoms with Gasteiger partial charge in [-0.3, -0.25) is 0 Å². The lowest BCUT2D eigenvalue weighted by molar-refractivity contribution is 0.0697. The lowest BCUT2D eigenvalue weighted by Gasteiger charge is -2.00. The summed E-state index contributed by atoms with van der Waals surface area (Å²) in [4.78, 5) is 14.1. The van der Waals surface area contributed by atoms with Crippen molar-refractivity contribution in [3.63, 3.8) is 0 Å². The summed E-state index contributed by atoms with van der Waals surface area (Å²) in [5, 5.41) is 11.2. The zero-order valence-electron chi connectivity index (χ0n) is 10.7. The van der Waals surface area contributed by atoms with Crippen LogP contribution in [0, 0.1) is 0 Å². The molecule has 100 valence electrons. The van der Waals surface area contributed by atoms with Crippen molar-refractivity contribution in [3.8, 4) is 0 Å². The van der Waals surface area contributed by atoms with E-state index in [1.54, 1.807) is 23.9 Å². The number of thioether (sulfide) groups is 1. The molecule has 1 aromatic heterocycles. The molecule has 2 aromatic carbocycles. The first-order valence-electron chi connectivity index (χ1n) is 6.25. The van der Waals surface area contributed by atoms with Crippen LogP contribution in [0.25, 0.3) is 10.9 Å². The maximum absolute atomic E-state index is 10.8. The molecule has 2 N–H and O–H groups in total. The fourth-order valence-electron chi connectivity index (χ4n) is 2.03. The number of aromatic carboxylic acids is 1. The van der Waals surface area contributed by atoms with E-state index in [1.807, 2.05) is 24.3 Å². The topological polar surface area (TPSA) is 53.1 Å². The van der Waals surface area contributed by atoms with Gasteiger partial charge in [0, 0.05) is 16.7 Å². The Morgan fingerprint density at radius 1 is 1.10 bits per heavy atom. The number of aromatic amines is 1. The van der Waals surface area contributed by atoms with Gasteiger partial charge in [0.15, 0.2) is 0 Å². The van der Waals surface area contributed by atoms with Gasteiger partial charge in [-0.05, 0) is 29.8 Å². The Labute approximate surface area is 120 Å². The highest BCUT2D eigenvalue weighted by Gasteiger charge is 2.04. The Morgan fingerprint density at radius 2 is 1.85 bits per heavy atom. The molecule has 0 amide bonds. The van der Waals surface area contributed by atoms with Gasteiger partial charge in [-0.15, -0.1) is 11.8 Å². The molecule has 0 bridgehead atoms. The van der Waals surface area contributed by atoms with Crippen LogP contribution in [-0.4, -0.2) is 16.1 Å². The second-order valence-electron chi connectivity index (χ2n) is 4.51. The third-order valence-electron chi connectivity index (χ3n) is 3.10. The van der Waals surface area contributed by atoms with Crippen LogP contribution >= 0.6 is 11.8 Å². The van der Waals surface area contributed by atoms with E-state index in [1.165, 1.54) is 5.39 Å². The normalized spacial score (nSPS) is 10.8. The van der Waals surface area contributed by atoms with Crippen LogP contribution in [0.2, 0.25) is 0 Å². The third kappa shape index (κ3) is 2.70. The summed E-state index contributed by atoms with van der Waals surface area (Å²) in [7, 11) is 0. The summed E-state index contributed by atoms with van der Waals surface area (Å²) in [5.41, 5.74) is 2.57. The van der Waals surface area contributed by atoms with Crippen LogP contribution in [0.5, 0.6) is 0 Å². The van der Waals surface area contributed by atoms with Gasteiger partial charge in [0.25, 0.3) is 0 Å². The molecule has 0 saturated carbocycles. The SMILES string of the molecule is O=C(O)c1ccc(CSc2cc3ccccc3[nH]2)cc1. The number of nitrogens with one attached hydrogen (secondary N) is 1. The Kier molecular flexibility index (Phi) is 3.48. The largest absolute Gasteiger partial charge is 0.478 e. The van der Waals surface area contributed by atoms with Gasteiger partial charge in [-0.25, -0.2) is 4.79 Å². The molecule has 0 saturated heterocycles. The minimum atomic E-state index is -0.889. The molecule has 0 fully saturated rings. The molecular weight excluding hydrogens is 270 g/mol. The summed E-state index contributed by atoms with van der Waals surface area (Å²) in [5.74, 6) is -0.0768. The molecule has 3 rings (SSSR count). The predicted molar refractivity (Wildman–Crippen MR) is 81.3 cm³/mol. The van der Waals surface area contributed by atoms with Gasteiger partial charge in [-0.2, -0.15) is 0 Å². The maximum atomic E-state index is 10.8. The smallest absolute Gasteiger partial charge is 0.335 e. The van der Waals surface area contributed by atoms with Gasteiger partial charge >= 0.3 is 5.97 Å². The van der Waals surface area contributed by atoms with Crippen molar-refractivity contribution >= 4 is 28.6 Å². The van der Waals surface area contributed by atoms with E-state index in [2.05, 4.69) is 23.2 Å². The quantitative estimate of drug-likeness (QED) is 0.707. The highest BCUT2D eigenvalue weighted by atomic mass is 32.2. The Hall–Kier alpha value is -2.20. The lowest BCUT2D eigenvalue weighted by atomic mass is 10.1. The molecular formula is C16H13NO2S. The fourth-order valence-corrected chi connectivity index (χ4v) is 2.94. The van der Waals surface area contributed by atoms with E-state index >= 15 is 0 Å². The average molecular weight is 283 g/mol. The number of benzene rings is 2. The molecule has 0 unspecified atom stereocenters. The van der Waals surface area contributed by atoms with Gasteiger partial charge in [0.1, 0.15) is 0 Å². The monoisotopic (exact) mass is 283 g/mol. The summed E-state index contributed by atoms with van der Waals surface area (Å²) in [6.07, 6.45) is 0. The minimum Gasteiger partial charge on any atom is -0.478 e. The van der Waals surface area contributed by atoms with Gasteiger partial charge < -0.3 is 10.1 Å². The molecule has 20 heavy (non-hydrogen) atoms. The molecule has 0 atom stereocenters. The first kappa shape index (κ1) is 12.8. The average Bonchev–Trinajstić information content (AvgIpc) is 2.88. The van der Waals surface area contributed by atoms with Crippen molar-refractivity contribution in [2.75, 3.05) is 0 Å². The second-order valence-corrected chi connectivity index (χ2v) is 5.53. The number of fused-ring (bicyclic) bond motifs is 1. The zero-order chi connectivity index (χ0) is 13.9. The highest BCUT2D eigenvalue weighted by Crippen LogP contribution is 2.26. The fraction of sp³-hybridized carbons (Fsp3) is 0.0625. The van der Waals surface area contributed by atoms with Crippen LogP contribution < -0.4 is 0 Å². The zero-order valence-corrected chi connectivity index (χ0v) is 11.5. The number of H-pyrrole nitrogens is 1. The molecule has 3 aromatic rings. The molecule has 0 aliphatic heterocycles. The van der Waals surface area contributed by atoms with Crippen LogP contribution in [0.15, 0.2) is 59.6 Å². The number of aromatic nitrogens is 1. The standard InChI is InChI=1S/C16H13NO2S/c18-16(19)12-7-5-11(6-8-12)10-20-15-9-13-3-1-2-4-14(13)17-15/h1-9,17H,10H2,(H,18,19). The number of carboxylic acids is 1. The second kappa shape index (κ2) is 5.43. The van der Waals surface area contributed by atoms with Gasteiger partial charge in [-0.1, -0.05) is 30.3 Å². The first-order chi connectivity index (χ1) is 9.72. The lowest BCUT2D eigenvalue weighted by Crippen LogP contribution is -1.95. The van der Waals surface area contributed by atoms with Crippen molar-refractivity contribution in [2.45, 2.75) is 10.8 Å². The van der Waals surface area contributed by atoms with Crippen molar-refractivity contribution in [1.82, 2.24) is 4.98 Å². The minimum absolute atomic E-state index is 0.323. The van der Waals surface area contributed by atoms with Crippen LogP contribution in [-0.2, 0) is 5.75 Å². The van der Waals surface area contributed by atoms with E-state index in [-0.39, 0.29) is 0 Å². The number of carbonyl (C=O) groups is 1. The van der Waals surface area contributed by atoms with Crippen molar-refractivity contribution < 1.29 is 9.90 Å². The molecule has 0 aliphatic rings. The van der Waals surface area contributed by atoms with Crippen LogP contribution in [0.3, 0.4) is 0 Å². The summed E-state index contributed by atoms with van der Waals surface area (Å²) < 4.78 is 0. The van der Waals surface area contributed by atoms with Crippen molar-refractivity contribution in [3.05, 3.63) is 65.7 Å². The van der Waals surface area contributed by atoms with E-state index in [9.17, 15) is 4.79 Å². The summed E-state index contributed by atoms with van der Waals surface area (Å²) >= 11 is 1.71. The van der Waals surface area contributed by atoms with Crippen LogP contribution in [0.4, 0.5) is 0 Å². The number of rotatable bonds is 4. The number of hydrogen-bond acceptors (Lipinski definition) is 2.